The molecule has 0 atom stereocenters. The van der Waals surface area contributed by atoms with Crippen LogP contribution in [0.3, 0.4) is 0 Å². The Morgan fingerprint density at radius 1 is 1.29 bits per heavy atom. The molecule has 0 saturated carbocycles. The highest BCUT2D eigenvalue weighted by Crippen LogP contribution is 2.18. The fraction of sp³-hybridized carbons (Fsp3) is 0.133. The molecule has 5 nitrogen and oxygen atoms in total. The number of nitrogens with two attached hydrogens (primary N) is 1. The minimum atomic E-state index is -0.838. The fourth-order valence-electron chi connectivity index (χ4n) is 2.23. The summed E-state index contributed by atoms with van der Waals surface area (Å²) >= 11 is 0. The third kappa shape index (κ3) is 2.91. The monoisotopic (exact) mass is 283 g/mol. The van der Waals surface area contributed by atoms with Crippen molar-refractivity contribution in [3.8, 4) is 5.75 Å². The number of rotatable bonds is 4. The SMILES string of the molecule is NC(=O)c1ccc(COc2ccc3c(c2)COB3O)cc1. The van der Waals surface area contributed by atoms with Crippen molar-refractivity contribution in [2.45, 2.75) is 13.2 Å². The molecular weight excluding hydrogens is 269 g/mol. The average molecular weight is 283 g/mol. The fourth-order valence-corrected chi connectivity index (χ4v) is 2.23. The van der Waals surface area contributed by atoms with Crippen LogP contribution in [0.15, 0.2) is 42.5 Å². The normalized spacial score (nSPS) is 13.1. The Hall–Kier alpha value is -2.31. The largest absolute Gasteiger partial charge is 0.491 e. The Kier molecular flexibility index (Phi) is 3.64. The van der Waals surface area contributed by atoms with E-state index in [4.69, 9.17) is 15.1 Å². The molecule has 0 saturated heterocycles. The van der Waals surface area contributed by atoms with Crippen LogP contribution in [0.1, 0.15) is 21.5 Å². The molecule has 3 N–H and O–H groups in total. The van der Waals surface area contributed by atoms with Crippen LogP contribution in [-0.2, 0) is 17.9 Å². The van der Waals surface area contributed by atoms with Crippen LogP contribution < -0.4 is 15.9 Å². The van der Waals surface area contributed by atoms with Crippen LogP contribution in [-0.4, -0.2) is 18.0 Å². The molecular formula is C15H14BNO4. The van der Waals surface area contributed by atoms with Gasteiger partial charge < -0.3 is 20.1 Å². The van der Waals surface area contributed by atoms with Gasteiger partial charge in [-0.1, -0.05) is 18.2 Å². The van der Waals surface area contributed by atoms with Gasteiger partial charge in [-0.25, -0.2) is 0 Å². The van der Waals surface area contributed by atoms with Crippen LogP contribution >= 0.6 is 0 Å². The predicted molar refractivity (Wildman–Crippen MR) is 78.1 cm³/mol. The maximum Gasteiger partial charge on any atom is 0.491 e. The zero-order chi connectivity index (χ0) is 14.8. The Bertz CT molecular complexity index is 672. The van der Waals surface area contributed by atoms with E-state index in [0.717, 1.165) is 16.6 Å². The zero-order valence-corrected chi connectivity index (χ0v) is 11.3. The summed E-state index contributed by atoms with van der Waals surface area (Å²) in [6.45, 7) is 0.780. The summed E-state index contributed by atoms with van der Waals surface area (Å²) in [7, 11) is -0.838. The topological polar surface area (TPSA) is 81.8 Å². The van der Waals surface area contributed by atoms with E-state index >= 15 is 0 Å². The van der Waals surface area contributed by atoms with Gasteiger partial charge in [-0.2, -0.15) is 0 Å². The summed E-state index contributed by atoms with van der Waals surface area (Å²) in [4.78, 5) is 11.0. The second kappa shape index (κ2) is 5.59. The van der Waals surface area contributed by atoms with Crippen LogP contribution in [0.4, 0.5) is 0 Å². The van der Waals surface area contributed by atoms with Gasteiger partial charge in [0.25, 0.3) is 0 Å². The smallest absolute Gasteiger partial charge is 0.489 e. The molecule has 0 spiro atoms. The highest BCUT2D eigenvalue weighted by molar-refractivity contribution is 6.61. The van der Waals surface area contributed by atoms with E-state index in [-0.39, 0.29) is 0 Å². The lowest BCUT2D eigenvalue weighted by Gasteiger charge is -2.08. The number of primary amides is 1. The van der Waals surface area contributed by atoms with E-state index in [0.29, 0.717) is 24.5 Å². The van der Waals surface area contributed by atoms with Crippen LogP contribution in [0.25, 0.3) is 0 Å². The van der Waals surface area contributed by atoms with Crippen molar-refractivity contribution in [3.63, 3.8) is 0 Å². The maximum absolute atomic E-state index is 11.0. The number of carbonyl (C=O) groups is 1. The number of fused-ring (bicyclic) bond motifs is 1. The average Bonchev–Trinajstić information content (AvgIpc) is 2.86. The summed E-state index contributed by atoms with van der Waals surface area (Å²) in [5.41, 5.74) is 8.33. The van der Waals surface area contributed by atoms with Crippen molar-refractivity contribution in [3.05, 3.63) is 59.2 Å². The Morgan fingerprint density at radius 3 is 2.76 bits per heavy atom. The molecule has 2 aromatic rings. The summed E-state index contributed by atoms with van der Waals surface area (Å²) < 4.78 is 10.8. The summed E-state index contributed by atoms with van der Waals surface area (Å²) in [5.74, 6) is 0.269. The maximum atomic E-state index is 11.0. The molecule has 1 heterocycles. The number of amides is 1. The van der Waals surface area contributed by atoms with E-state index < -0.39 is 13.0 Å². The van der Waals surface area contributed by atoms with Crippen molar-refractivity contribution >= 4 is 18.5 Å². The molecule has 0 aliphatic carbocycles. The molecule has 1 aliphatic rings. The van der Waals surface area contributed by atoms with Gasteiger partial charge in [0.2, 0.25) is 5.91 Å². The second-order valence-electron chi connectivity index (χ2n) is 4.87. The lowest BCUT2D eigenvalue weighted by molar-refractivity contribution is 0.1000. The van der Waals surface area contributed by atoms with Gasteiger partial charge in [0.05, 0.1) is 6.61 Å². The molecule has 1 amide bonds. The van der Waals surface area contributed by atoms with Crippen molar-refractivity contribution < 1.29 is 19.2 Å². The van der Waals surface area contributed by atoms with E-state index in [1.807, 2.05) is 6.07 Å². The molecule has 0 bridgehead atoms. The minimum Gasteiger partial charge on any atom is -0.489 e. The molecule has 0 aromatic heterocycles. The first-order chi connectivity index (χ1) is 10.1. The number of ether oxygens (including phenoxy) is 1. The Labute approximate surface area is 122 Å². The van der Waals surface area contributed by atoms with Gasteiger partial charge in [0.15, 0.2) is 0 Å². The van der Waals surface area contributed by atoms with E-state index in [1.54, 1.807) is 36.4 Å². The second-order valence-corrected chi connectivity index (χ2v) is 4.87. The van der Waals surface area contributed by atoms with Gasteiger partial charge in [0, 0.05) is 5.56 Å². The quantitative estimate of drug-likeness (QED) is 0.804. The first-order valence-electron chi connectivity index (χ1n) is 6.57. The highest BCUT2D eigenvalue weighted by atomic mass is 16.5. The van der Waals surface area contributed by atoms with Crippen LogP contribution in [0, 0.1) is 0 Å². The molecule has 21 heavy (non-hydrogen) atoms. The van der Waals surface area contributed by atoms with Gasteiger partial charge in [0.1, 0.15) is 12.4 Å². The molecule has 6 heteroatoms. The molecule has 0 radical (unpaired) electrons. The highest BCUT2D eigenvalue weighted by Gasteiger charge is 2.27. The summed E-state index contributed by atoms with van der Waals surface area (Å²) in [6, 6.07) is 12.4. The van der Waals surface area contributed by atoms with Gasteiger partial charge in [-0.05, 0) is 40.9 Å². The van der Waals surface area contributed by atoms with Crippen molar-refractivity contribution in [2.75, 3.05) is 0 Å². The third-order valence-electron chi connectivity index (χ3n) is 3.42. The Balaban J connectivity index is 1.66. The van der Waals surface area contributed by atoms with E-state index in [9.17, 15) is 9.82 Å². The van der Waals surface area contributed by atoms with Gasteiger partial charge in [-0.15, -0.1) is 0 Å². The van der Waals surface area contributed by atoms with Crippen molar-refractivity contribution in [2.24, 2.45) is 5.73 Å². The first-order valence-corrected chi connectivity index (χ1v) is 6.57. The molecule has 2 aromatic carbocycles. The standard InChI is InChI=1S/C15H14BNO4/c17-15(18)11-3-1-10(2-4-11)8-20-13-5-6-14-12(7-13)9-21-16(14)19/h1-7,19H,8-9H2,(H2,17,18). The van der Waals surface area contributed by atoms with Crippen LogP contribution in [0.5, 0.6) is 5.75 Å². The molecule has 106 valence electrons. The van der Waals surface area contributed by atoms with Crippen LogP contribution in [0.2, 0.25) is 0 Å². The minimum absolute atomic E-state index is 0.390. The third-order valence-corrected chi connectivity index (χ3v) is 3.42. The first kappa shape index (κ1) is 13.7. The van der Waals surface area contributed by atoms with E-state index in [1.165, 1.54) is 0 Å². The number of hydrogen-bond donors (Lipinski definition) is 2. The molecule has 3 rings (SSSR count). The summed E-state index contributed by atoms with van der Waals surface area (Å²) in [6.07, 6.45) is 0. The zero-order valence-electron chi connectivity index (χ0n) is 11.3. The number of hydrogen-bond acceptors (Lipinski definition) is 4. The van der Waals surface area contributed by atoms with Crippen molar-refractivity contribution in [1.82, 2.24) is 0 Å². The predicted octanol–water partition coefficient (Wildman–Crippen LogP) is 0.582. The molecule has 1 aliphatic heterocycles. The summed E-state index contributed by atoms with van der Waals surface area (Å²) in [5, 5.41) is 9.55. The Morgan fingerprint density at radius 2 is 2.05 bits per heavy atom. The van der Waals surface area contributed by atoms with Gasteiger partial charge >= 0.3 is 7.12 Å². The lowest BCUT2D eigenvalue weighted by Crippen LogP contribution is -2.27. The van der Waals surface area contributed by atoms with Gasteiger partial charge in [-0.3, -0.25) is 4.79 Å². The number of benzene rings is 2. The van der Waals surface area contributed by atoms with E-state index in [2.05, 4.69) is 0 Å². The lowest BCUT2D eigenvalue weighted by atomic mass is 9.80. The number of carbonyl (C=O) groups excluding carboxylic acids is 1. The molecule has 0 fully saturated rings. The van der Waals surface area contributed by atoms with Crippen molar-refractivity contribution in [1.29, 1.82) is 0 Å². The molecule has 0 unspecified atom stereocenters.